The molecule has 1 heterocycles. The summed E-state index contributed by atoms with van der Waals surface area (Å²) >= 11 is 6.01. The molecule has 0 unspecified atom stereocenters. The van der Waals surface area contributed by atoms with E-state index in [0.29, 0.717) is 39.9 Å². The molecule has 36 heavy (non-hydrogen) atoms. The Morgan fingerprint density at radius 2 is 1.61 bits per heavy atom. The summed E-state index contributed by atoms with van der Waals surface area (Å²) in [6, 6.07) is 27.0. The average Bonchev–Trinajstić information content (AvgIpc) is 2.89. The number of fused-ring (bicyclic) bond motifs is 1. The molecule has 180 valence electrons. The van der Waals surface area contributed by atoms with Crippen LogP contribution in [0.25, 0.3) is 0 Å². The van der Waals surface area contributed by atoms with Crippen molar-refractivity contribution < 1.29 is 19.2 Å². The van der Waals surface area contributed by atoms with Crippen molar-refractivity contribution >= 4 is 34.8 Å². The first-order chi connectivity index (χ1) is 17.4. The van der Waals surface area contributed by atoms with Crippen LogP contribution in [0.2, 0.25) is 5.02 Å². The highest BCUT2D eigenvalue weighted by Crippen LogP contribution is 2.30. The molecular formula is C29H23ClN2O4. The van der Waals surface area contributed by atoms with Crippen LogP contribution in [-0.4, -0.2) is 18.9 Å². The average molecular weight is 499 g/mol. The number of hydroxylamine groups is 1. The molecule has 0 saturated heterocycles. The number of carbonyl (C=O) groups is 2. The third kappa shape index (κ3) is 4.69. The Labute approximate surface area is 214 Å². The minimum absolute atomic E-state index is 0.120. The second kappa shape index (κ2) is 9.85. The normalized spacial score (nSPS) is 12.8. The number of aryl methyl sites for hydroxylation is 1. The molecule has 0 atom stereocenters. The number of carbonyl (C=O) groups excluding carboxylic acids is 2. The van der Waals surface area contributed by atoms with E-state index in [9.17, 15) is 9.59 Å². The standard InChI is InChI=1S/C29H23ClN2O4/c1-19-17-21(30)7-16-26(19)28(33)31(2)22-8-12-24(13-9-22)36-25-14-10-23(11-15-25)32-29(34)27-6-4-3-5-20(27)18-35-32/h3-17H,18H2,1-2H3. The maximum absolute atomic E-state index is 12.9. The van der Waals surface area contributed by atoms with Crippen molar-refractivity contribution in [2.24, 2.45) is 0 Å². The van der Waals surface area contributed by atoms with Gasteiger partial charge in [-0.05, 0) is 90.8 Å². The second-order valence-electron chi connectivity index (χ2n) is 8.44. The lowest BCUT2D eigenvalue weighted by Gasteiger charge is -2.27. The van der Waals surface area contributed by atoms with Crippen LogP contribution in [-0.2, 0) is 11.4 Å². The van der Waals surface area contributed by atoms with E-state index in [1.165, 1.54) is 5.06 Å². The van der Waals surface area contributed by atoms with Gasteiger partial charge in [-0.15, -0.1) is 0 Å². The Balaban J connectivity index is 1.25. The van der Waals surface area contributed by atoms with E-state index in [0.717, 1.165) is 16.8 Å². The van der Waals surface area contributed by atoms with Gasteiger partial charge in [-0.25, -0.2) is 0 Å². The summed E-state index contributed by atoms with van der Waals surface area (Å²) in [5, 5.41) is 1.90. The van der Waals surface area contributed by atoms with E-state index >= 15 is 0 Å². The van der Waals surface area contributed by atoms with E-state index in [1.54, 1.807) is 72.6 Å². The molecule has 0 radical (unpaired) electrons. The van der Waals surface area contributed by atoms with Crippen LogP contribution >= 0.6 is 11.6 Å². The van der Waals surface area contributed by atoms with Gasteiger partial charge in [0.2, 0.25) is 0 Å². The van der Waals surface area contributed by atoms with E-state index in [1.807, 2.05) is 37.3 Å². The molecule has 0 aromatic heterocycles. The van der Waals surface area contributed by atoms with Gasteiger partial charge in [0.25, 0.3) is 11.8 Å². The van der Waals surface area contributed by atoms with Crippen molar-refractivity contribution in [3.8, 4) is 11.5 Å². The number of nitrogens with zero attached hydrogens (tertiary/aromatic N) is 2. The minimum atomic E-state index is -0.200. The minimum Gasteiger partial charge on any atom is -0.457 e. The highest BCUT2D eigenvalue weighted by Gasteiger charge is 2.26. The van der Waals surface area contributed by atoms with Crippen LogP contribution in [0.3, 0.4) is 0 Å². The Kier molecular flexibility index (Phi) is 6.46. The van der Waals surface area contributed by atoms with Gasteiger partial charge in [-0.2, -0.15) is 5.06 Å². The Morgan fingerprint density at radius 1 is 0.944 bits per heavy atom. The number of amides is 2. The van der Waals surface area contributed by atoms with Crippen LogP contribution in [0.4, 0.5) is 11.4 Å². The molecular weight excluding hydrogens is 476 g/mol. The van der Waals surface area contributed by atoms with Crippen molar-refractivity contribution in [2.45, 2.75) is 13.5 Å². The Bertz CT molecular complexity index is 1430. The first-order valence-electron chi connectivity index (χ1n) is 11.4. The van der Waals surface area contributed by atoms with Gasteiger partial charge in [0, 0.05) is 28.9 Å². The molecule has 4 aromatic rings. The molecule has 0 saturated carbocycles. The summed E-state index contributed by atoms with van der Waals surface area (Å²) in [5.41, 5.74) is 4.29. The first kappa shape index (κ1) is 23.6. The first-order valence-corrected chi connectivity index (χ1v) is 11.8. The largest absolute Gasteiger partial charge is 0.457 e. The number of benzene rings is 4. The monoisotopic (exact) mass is 498 g/mol. The number of halogens is 1. The third-order valence-corrected chi connectivity index (χ3v) is 6.27. The van der Waals surface area contributed by atoms with Crippen molar-refractivity contribution in [3.05, 3.63) is 118 Å². The number of anilines is 2. The Morgan fingerprint density at radius 3 is 2.31 bits per heavy atom. The van der Waals surface area contributed by atoms with Crippen molar-refractivity contribution in [1.29, 1.82) is 0 Å². The zero-order chi connectivity index (χ0) is 25.2. The molecule has 0 fully saturated rings. The summed E-state index contributed by atoms with van der Waals surface area (Å²) in [6.45, 7) is 2.20. The summed E-state index contributed by atoms with van der Waals surface area (Å²) < 4.78 is 5.95. The SMILES string of the molecule is Cc1cc(Cl)ccc1C(=O)N(C)c1ccc(Oc2ccc(N3OCc4ccccc4C3=O)cc2)cc1. The lowest BCUT2D eigenvalue weighted by Crippen LogP contribution is -2.35. The van der Waals surface area contributed by atoms with E-state index < -0.39 is 0 Å². The maximum atomic E-state index is 12.9. The topological polar surface area (TPSA) is 59.1 Å². The highest BCUT2D eigenvalue weighted by molar-refractivity contribution is 6.30. The van der Waals surface area contributed by atoms with Crippen LogP contribution in [0, 0.1) is 6.92 Å². The third-order valence-electron chi connectivity index (χ3n) is 6.04. The van der Waals surface area contributed by atoms with E-state index in [4.69, 9.17) is 21.2 Å². The predicted octanol–water partition coefficient (Wildman–Crippen LogP) is 6.81. The maximum Gasteiger partial charge on any atom is 0.282 e. The molecule has 5 rings (SSSR count). The summed E-state index contributed by atoms with van der Waals surface area (Å²) in [5.74, 6) is 0.908. The summed E-state index contributed by atoms with van der Waals surface area (Å²) in [7, 11) is 1.73. The van der Waals surface area contributed by atoms with E-state index in [2.05, 4.69) is 0 Å². The highest BCUT2D eigenvalue weighted by atomic mass is 35.5. The molecule has 4 aromatic carbocycles. The molecule has 7 heteroatoms. The van der Waals surface area contributed by atoms with Crippen LogP contribution in [0.1, 0.15) is 31.8 Å². The molecule has 2 amide bonds. The zero-order valence-electron chi connectivity index (χ0n) is 19.8. The second-order valence-corrected chi connectivity index (χ2v) is 8.88. The fourth-order valence-corrected chi connectivity index (χ4v) is 4.26. The summed E-state index contributed by atoms with van der Waals surface area (Å²) in [6.07, 6.45) is 0. The molecule has 1 aliphatic rings. The number of ether oxygens (including phenoxy) is 1. The number of hydrogen-bond donors (Lipinski definition) is 0. The van der Waals surface area contributed by atoms with Gasteiger partial charge in [-0.1, -0.05) is 29.8 Å². The van der Waals surface area contributed by atoms with Gasteiger partial charge >= 0.3 is 0 Å². The van der Waals surface area contributed by atoms with Gasteiger partial charge < -0.3 is 9.64 Å². The van der Waals surface area contributed by atoms with Crippen molar-refractivity contribution in [3.63, 3.8) is 0 Å². The number of rotatable bonds is 5. The Hall–Kier alpha value is -4.13. The lowest BCUT2D eigenvalue weighted by molar-refractivity contribution is 0.0530. The summed E-state index contributed by atoms with van der Waals surface area (Å²) in [4.78, 5) is 33.0. The van der Waals surface area contributed by atoms with Crippen LogP contribution in [0.5, 0.6) is 11.5 Å². The predicted molar refractivity (Wildman–Crippen MR) is 140 cm³/mol. The van der Waals surface area contributed by atoms with Gasteiger partial charge in [-0.3, -0.25) is 14.4 Å². The molecule has 1 aliphatic heterocycles. The van der Waals surface area contributed by atoms with Gasteiger partial charge in [0.1, 0.15) is 18.1 Å². The fourth-order valence-electron chi connectivity index (χ4n) is 4.04. The van der Waals surface area contributed by atoms with Gasteiger partial charge in [0.05, 0.1) is 5.69 Å². The molecule has 0 N–H and O–H groups in total. The molecule has 6 nitrogen and oxygen atoms in total. The van der Waals surface area contributed by atoms with Crippen molar-refractivity contribution in [1.82, 2.24) is 0 Å². The van der Waals surface area contributed by atoms with Crippen LogP contribution < -0.4 is 14.7 Å². The van der Waals surface area contributed by atoms with Gasteiger partial charge in [0.15, 0.2) is 0 Å². The number of hydrogen-bond acceptors (Lipinski definition) is 4. The van der Waals surface area contributed by atoms with Crippen LogP contribution in [0.15, 0.2) is 91.0 Å². The van der Waals surface area contributed by atoms with E-state index in [-0.39, 0.29) is 11.8 Å². The molecule has 0 aliphatic carbocycles. The fraction of sp³-hybridized carbons (Fsp3) is 0.103. The lowest BCUT2D eigenvalue weighted by atomic mass is 10.1. The smallest absolute Gasteiger partial charge is 0.282 e. The molecule has 0 bridgehead atoms. The molecule has 0 spiro atoms. The zero-order valence-corrected chi connectivity index (χ0v) is 20.5. The van der Waals surface area contributed by atoms with Crippen molar-refractivity contribution in [2.75, 3.05) is 17.0 Å². The quantitative estimate of drug-likeness (QED) is 0.303.